The zero-order valence-corrected chi connectivity index (χ0v) is 21.1. The first-order valence-corrected chi connectivity index (χ1v) is 12.6. The number of carboxylic acid groups (broad SMARTS) is 1. The minimum Gasteiger partial charge on any atom is -0.508 e. The van der Waals surface area contributed by atoms with Crippen molar-refractivity contribution in [2.75, 3.05) is 49.5 Å². The molecule has 0 aliphatic carbocycles. The van der Waals surface area contributed by atoms with E-state index in [-0.39, 0.29) is 40.8 Å². The van der Waals surface area contributed by atoms with Crippen molar-refractivity contribution in [2.45, 2.75) is 13.3 Å². The Bertz CT molecular complexity index is 1490. The number of likely N-dealkylation sites (N-methyl/N-ethyl adjacent to an activating group) is 1. The lowest BCUT2D eigenvalue weighted by Crippen LogP contribution is -2.46. The monoisotopic (exact) mass is 523 g/mol. The minimum absolute atomic E-state index is 0.00235. The summed E-state index contributed by atoms with van der Waals surface area (Å²) in [7, 11) is 0. The van der Waals surface area contributed by atoms with Crippen LogP contribution in [0, 0.1) is 5.82 Å². The van der Waals surface area contributed by atoms with Crippen molar-refractivity contribution < 1.29 is 19.4 Å². The van der Waals surface area contributed by atoms with E-state index in [0.717, 1.165) is 30.4 Å². The van der Waals surface area contributed by atoms with Crippen LogP contribution in [0.4, 0.5) is 16.2 Å². The first-order valence-electron chi connectivity index (χ1n) is 12.2. The lowest BCUT2D eigenvalue weighted by Gasteiger charge is -2.35. The molecule has 1 aromatic heterocycles. The number of nitrogens with zero attached hydrogens (tertiary/aromatic N) is 4. The molecule has 0 spiro atoms. The maximum atomic E-state index is 16.4. The van der Waals surface area contributed by atoms with Crippen LogP contribution in [-0.2, 0) is 4.79 Å². The quantitative estimate of drug-likeness (QED) is 0.312. The van der Waals surface area contributed by atoms with Gasteiger partial charge in [-0.25, -0.2) is 9.37 Å². The Morgan fingerprint density at radius 2 is 1.86 bits per heavy atom. The molecule has 10 heteroatoms. The second-order valence-corrected chi connectivity index (χ2v) is 9.43. The van der Waals surface area contributed by atoms with E-state index in [1.807, 2.05) is 24.3 Å². The molecule has 37 heavy (non-hydrogen) atoms. The highest BCUT2D eigenvalue weighted by molar-refractivity contribution is 6.35. The normalized spacial score (nSPS) is 14.4. The summed E-state index contributed by atoms with van der Waals surface area (Å²) >= 11 is 6.73. The van der Waals surface area contributed by atoms with Crippen molar-refractivity contribution in [2.24, 2.45) is 0 Å². The van der Waals surface area contributed by atoms with E-state index < -0.39 is 11.8 Å². The number of fused-ring (bicyclic) bond motifs is 2. The molecule has 4 aromatic rings. The fraction of sp³-hybridized carbons (Fsp3) is 0.296. The van der Waals surface area contributed by atoms with Crippen LogP contribution in [0.5, 0.6) is 5.75 Å². The average molecular weight is 524 g/mol. The predicted octanol–water partition coefficient (Wildman–Crippen LogP) is 4.98. The molecular formula is C27H27ClFN5O3. The molecule has 0 radical (unpaired) electrons. The minimum atomic E-state index is -0.958. The number of rotatable bonds is 7. The number of piperazine rings is 1. The van der Waals surface area contributed by atoms with E-state index >= 15 is 4.39 Å². The van der Waals surface area contributed by atoms with E-state index in [0.29, 0.717) is 29.9 Å². The number of phenolic OH excluding ortho intramolecular Hbond substituents is 1. The highest BCUT2D eigenvalue weighted by atomic mass is 35.5. The highest BCUT2D eigenvalue weighted by Crippen LogP contribution is 2.42. The first-order chi connectivity index (χ1) is 17.9. The Kier molecular flexibility index (Phi) is 6.99. The van der Waals surface area contributed by atoms with Crippen LogP contribution in [0.2, 0.25) is 5.02 Å². The van der Waals surface area contributed by atoms with Crippen LogP contribution in [0.1, 0.15) is 13.3 Å². The van der Waals surface area contributed by atoms with Crippen molar-refractivity contribution in [1.29, 1.82) is 0 Å². The van der Waals surface area contributed by atoms with E-state index in [2.05, 4.69) is 32.0 Å². The van der Waals surface area contributed by atoms with Crippen molar-refractivity contribution in [3.8, 4) is 16.9 Å². The van der Waals surface area contributed by atoms with Crippen molar-refractivity contribution in [1.82, 2.24) is 14.9 Å². The van der Waals surface area contributed by atoms with Gasteiger partial charge in [-0.05, 0) is 41.1 Å². The van der Waals surface area contributed by atoms with Gasteiger partial charge in [0, 0.05) is 43.7 Å². The summed E-state index contributed by atoms with van der Waals surface area (Å²) in [5.74, 6) is -0.894. The summed E-state index contributed by atoms with van der Waals surface area (Å²) in [6, 6.07) is 12.2. The summed E-state index contributed by atoms with van der Waals surface area (Å²) in [5.41, 5.74) is 0.669. The molecular weight excluding hydrogens is 497 g/mol. The van der Waals surface area contributed by atoms with Crippen LogP contribution < -0.4 is 10.2 Å². The van der Waals surface area contributed by atoms with Gasteiger partial charge in [0.05, 0.1) is 11.4 Å². The van der Waals surface area contributed by atoms with Gasteiger partial charge >= 0.3 is 5.97 Å². The van der Waals surface area contributed by atoms with Crippen molar-refractivity contribution in [3.05, 3.63) is 53.3 Å². The summed E-state index contributed by atoms with van der Waals surface area (Å²) < 4.78 is 16.4. The number of aromatic hydroxyl groups is 1. The van der Waals surface area contributed by atoms with Crippen molar-refractivity contribution in [3.63, 3.8) is 0 Å². The fourth-order valence-electron chi connectivity index (χ4n) is 4.81. The van der Waals surface area contributed by atoms with Gasteiger partial charge in [-0.1, -0.05) is 42.8 Å². The molecule has 3 N–H and O–H groups in total. The number of carboxylic acids is 1. The van der Waals surface area contributed by atoms with E-state index in [1.165, 1.54) is 6.07 Å². The van der Waals surface area contributed by atoms with Gasteiger partial charge in [0.25, 0.3) is 0 Å². The molecule has 0 amide bonds. The molecule has 1 aliphatic heterocycles. The maximum absolute atomic E-state index is 16.4. The van der Waals surface area contributed by atoms with Crippen LogP contribution in [0.15, 0.2) is 42.5 Å². The fourth-order valence-corrected chi connectivity index (χ4v) is 5.10. The molecule has 1 fully saturated rings. The standard InChI is InChI=1S/C27H27ClFN5O3/c1-2-33-9-11-34(12-10-33)26-20-15-21(28)23(19-14-17(35)13-16-5-3-4-6-18(16)19)24(29)25(20)31-27(32-26)30-8-7-22(36)37/h3-6,13-15,35H,2,7-12H2,1H3,(H,36,37)(H,30,31,32). The Hall–Kier alpha value is -3.69. The van der Waals surface area contributed by atoms with Crippen molar-refractivity contribution >= 4 is 51.0 Å². The molecule has 0 atom stereocenters. The average Bonchev–Trinajstić information content (AvgIpc) is 2.88. The number of hydrogen-bond acceptors (Lipinski definition) is 7. The van der Waals surface area contributed by atoms with Gasteiger partial charge in [-0.2, -0.15) is 4.98 Å². The first kappa shape index (κ1) is 25.0. The summed E-state index contributed by atoms with van der Waals surface area (Å²) in [6.07, 6.45) is -0.129. The van der Waals surface area contributed by atoms with Crippen LogP contribution in [0.25, 0.3) is 32.8 Å². The third-order valence-corrected chi connectivity index (χ3v) is 7.02. The molecule has 3 aromatic carbocycles. The molecule has 192 valence electrons. The van der Waals surface area contributed by atoms with E-state index in [9.17, 15) is 9.90 Å². The summed E-state index contributed by atoms with van der Waals surface area (Å²) in [4.78, 5) is 24.5. The SMILES string of the molecule is CCN1CCN(c2nc(NCCC(=O)O)nc3c(F)c(-c4cc(O)cc5ccccc45)c(Cl)cc23)CC1. The Morgan fingerprint density at radius 1 is 1.11 bits per heavy atom. The van der Waals surface area contributed by atoms with Gasteiger partial charge < -0.3 is 25.3 Å². The molecule has 0 saturated carbocycles. The number of phenols is 1. The second kappa shape index (κ2) is 10.4. The predicted molar refractivity (Wildman–Crippen MR) is 144 cm³/mol. The number of carbonyl (C=O) groups is 1. The second-order valence-electron chi connectivity index (χ2n) is 9.02. The zero-order chi connectivity index (χ0) is 26.1. The number of nitrogens with one attached hydrogen (secondary N) is 1. The Morgan fingerprint density at radius 3 is 2.59 bits per heavy atom. The van der Waals surface area contributed by atoms with E-state index in [4.69, 9.17) is 16.7 Å². The van der Waals surface area contributed by atoms with Gasteiger partial charge in [-0.15, -0.1) is 0 Å². The smallest absolute Gasteiger partial charge is 0.305 e. The number of aliphatic carboxylic acids is 1. The zero-order valence-electron chi connectivity index (χ0n) is 20.3. The number of aromatic nitrogens is 2. The van der Waals surface area contributed by atoms with Gasteiger partial charge in [0.1, 0.15) is 17.1 Å². The number of hydrogen-bond donors (Lipinski definition) is 3. The number of anilines is 2. The third kappa shape index (κ3) is 4.97. The molecule has 1 aliphatic rings. The molecule has 2 heterocycles. The summed E-state index contributed by atoms with van der Waals surface area (Å²) in [6.45, 7) is 6.24. The van der Waals surface area contributed by atoms with Gasteiger partial charge in [0.15, 0.2) is 5.82 Å². The van der Waals surface area contributed by atoms with Gasteiger partial charge in [-0.3, -0.25) is 4.79 Å². The lowest BCUT2D eigenvalue weighted by molar-refractivity contribution is -0.136. The van der Waals surface area contributed by atoms with Crippen LogP contribution >= 0.6 is 11.6 Å². The lowest BCUT2D eigenvalue weighted by atomic mass is 9.96. The molecule has 5 rings (SSSR count). The Balaban J connectivity index is 1.69. The van der Waals surface area contributed by atoms with Crippen LogP contribution in [-0.4, -0.2) is 70.3 Å². The number of benzene rings is 3. The molecule has 8 nitrogen and oxygen atoms in total. The summed E-state index contributed by atoms with van der Waals surface area (Å²) in [5, 5.41) is 24.5. The Labute approximate surface area is 218 Å². The molecule has 1 saturated heterocycles. The molecule has 0 bridgehead atoms. The topological polar surface area (TPSA) is 102 Å². The largest absolute Gasteiger partial charge is 0.508 e. The van der Waals surface area contributed by atoms with Gasteiger partial charge in [0.2, 0.25) is 5.95 Å². The van der Waals surface area contributed by atoms with E-state index in [1.54, 1.807) is 12.1 Å². The third-order valence-electron chi connectivity index (χ3n) is 6.72. The highest BCUT2D eigenvalue weighted by Gasteiger charge is 2.25. The maximum Gasteiger partial charge on any atom is 0.305 e. The van der Waals surface area contributed by atoms with Crippen LogP contribution in [0.3, 0.4) is 0 Å². The molecule has 0 unspecified atom stereocenters. The number of halogens is 2.